The molecular formula is C21H26N2O5. The standard InChI is InChI=1S/C21H26N2O5/c1-13(2)10-23-15(4)17(14(3)22-23)6-8-21(25)26-11-18(24)16-5-7-19-20(9-16)28-12-27-19/h5,7,9,13H,6,8,10-12H2,1-4H3. The van der Waals surface area contributed by atoms with Gasteiger partial charge in [-0.1, -0.05) is 13.8 Å². The maximum absolute atomic E-state index is 12.3. The minimum Gasteiger partial charge on any atom is -0.457 e. The maximum atomic E-state index is 12.3. The smallest absolute Gasteiger partial charge is 0.306 e. The number of fused-ring (bicyclic) bond motifs is 1. The van der Waals surface area contributed by atoms with E-state index in [2.05, 4.69) is 18.9 Å². The molecule has 1 aliphatic heterocycles. The number of carbonyl (C=O) groups is 2. The third-order valence-corrected chi connectivity index (χ3v) is 4.71. The van der Waals surface area contributed by atoms with Crippen molar-refractivity contribution in [3.05, 3.63) is 40.7 Å². The molecule has 1 aromatic heterocycles. The zero-order chi connectivity index (χ0) is 20.3. The topological polar surface area (TPSA) is 79.7 Å². The number of rotatable bonds is 8. The van der Waals surface area contributed by atoms with E-state index in [9.17, 15) is 9.59 Å². The second kappa shape index (κ2) is 8.46. The van der Waals surface area contributed by atoms with Gasteiger partial charge >= 0.3 is 5.97 Å². The zero-order valence-corrected chi connectivity index (χ0v) is 16.8. The summed E-state index contributed by atoms with van der Waals surface area (Å²) in [5.41, 5.74) is 3.51. The van der Waals surface area contributed by atoms with Gasteiger partial charge in [-0.2, -0.15) is 5.10 Å². The van der Waals surface area contributed by atoms with Crippen LogP contribution in [0.4, 0.5) is 0 Å². The number of hydrogen-bond donors (Lipinski definition) is 0. The fraction of sp³-hybridized carbons (Fsp3) is 0.476. The lowest BCUT2D eigenvalue weighted by Crippen LogP contribution is -2.14. The number of ether oxygens (including phenoxy) is 3. The van der Waals surface area contributed by atoms with Crippen LogP contribution in [0.1, 0.15) is 47.6 Å². The van der Waals surface area contributed by atoms with Gasteiger partial charge in [0.1, 0.15) is 0 Å². The molecule has 0 amide bonds. The van der Waals surface area contributed by atoms with Gasteiger partial charge in [0.15, 0.2) is 23.9 Å². The highest BCUT2D eigenvalue weighted by Crippen LogP contribution is 2.32. The minimum absolute atomic E-state index is 0.147. The Morgan fingerprint density at radius 3 is 2.71 bits per heavy atom. The van der Waals surface area contributed by atoms with Crippen molar-refractivity contribution in [1.82, 2.24) is 9.78 Å². The van der Waals surface area contributed by atoms with E-state index in [4.69, 9.17) is 14.2 Å². The Morgan fingerprint density at radius 1 is 1.21 bits per heavy atom. The molecule has 0 unspecified atom stereocenters. The highest BCUT2D eigenvalue weighted by atomic mass is 16.7. The van der Waals surface area contributed by atoms with E-state index in [0.717, 1.165) is 23.5 Å². The van der Waals surface area contributed by atoms with Gasteiger partial charge in [0.25, 0.3) is 0 Å². The Morgan fingerprint density at radius 2 is 1.96 bits per heavy atom. The highest BCUT2D eigenvalue weighted by Gasteiger charge is 2.18. The van der Waals surface area contributed by atoms with Gasteiger partial charge in [0, 0.05) is 24.2 Å². The number of esters is 1. The largest absolute Gasteiger partial charge is 0.457 e. The lowest BCUT2D eigenvalue weighted by molar-refractivity contribution is -0.142. The Balaban J connectivity index is 1.51. The van der Waals surface area contributed by atoms with Crippen LogP contribution in [0.25, 0.3) is 0 Å². The molecule has 7 heteroatoms. The minimum atomic E-state index is -0.399. The van der Waals surface area contributed by atoms with Gasteiger partial charge in [-0.3, -0.25) is 14.3 Å². The van der Waals surface area contributed by atoms with Crippen LogP contribution in [0, 0.1) is 19.8 Å². The van der Waals surface area contributed by atoms with Gasteiger partial charge in [-0.25, -0.2) is 0 Å². The predicted octanol–water partition coefficient (Wildman–Crippen LogP) is 3.24. The first-order valence-electron chi connectivity index (χ1n) is 9.46. The number of aryl methyl sites for hydroxylation is 1. The molecule has 3 rings (SSSR count). The van der Waals surface area contributed by atoms with E-state index in [0.29, 0.717) is 29.4 Å². The van der Waals surface area contributed by atoms with Crippen LogP contribution in [-0.2, 0) is 22.5 Å². The van der Waals surface area contributed by atoms with Crippen molar-refractivity contribution in [3.63, 3.8) is 0 Å². The molecule has 0 saturated heterocycles. The summed E-state index contributed by atoms with van der Waals surface area (Å²) in [6.45, 7) is 8.97. The average molecular weight is 386 g/mol. The first-order chi connectivity index (χ1) is 13.3. The number of hydrogen-bond acceptors (Lipinski definition) is 6. The monoisotopic (exact) mass is 386 g/mol. The van der Waals surface area contributed by atoms with E-state index in [-0.39, 0.29) is 25.6 Å². The molecule has 0 fully saturated rings. The molecule has 0 aliphatic carbocycles. The lowest BCUT2D eigenvalue weighted by Gasteiger charge is -2.08. The van der Waals surface area contributed by atoms with Crippen LogP contribution in [0.5, 0.6) is 11.5 Å². The molecule has 1 aromatic carbocycles. The number of ketones is 1. The molecule has 2 aromatic rings. The van der Waals surface area contributed by atoms with E-state index < -0.39 is 5.97 Å². The molecule has 0 atom stereocenters. The molecule has 0 bridgehead atoms. The third-order valence-electron chi connectivity index (χ3n) is 4.71. The Kier molecular flexibility index (Phi) is 6.02. The van der Waals surface area contributed by atoms with E-state index in [1.807, 2.05) is 18.5 Å². The van der Waals surface area contributed by atoms with Crippen LogP contribution in [0.15, 0.2) is 18.2 Å². The van der Waals surface area contributed by atoms with Crippen LogP contribution >= 0.6 is 0 Å². The molecule has 1 aliphatic rings. The summed E-state index contributed by atoms with van der Waals surface area (Å²) >= 11 is 0. The molecular weight excluding hydrogens is 360 g/mol. The fourth-order valence-corrected chi connectivity index (χ4v) is 3.22. The molecule has 0 radical (unpaired) electrons. The molecule has 7 nitrogen and oxygen atoms in total. The van der Waals surface area contributed by atoms with Crippen LogP contribution < -0.4 is 9.47 Å². The molecule has 150 valence electrons. The quantitative estimate of drug-likeness (QED) is 0.512. The van der Waals surface area contributed by atoms with Crippen molar-refractivity contribution in [1.29, 1.82) is 0 Å². The number of benzene rings is 1. The van der Waals surface area contributed by atoms with Gasteiger partial charge < -0.3 is 14.2 Å². The normalized spacial score (nSPS) is 12.5. The Hall–Kier alpha value is -2.83. The van der Waals surface area contributed by atoms with Crippen molar-refractivity contribution in [2.24, 2.45) is 5.92 Å². The SMILES string of the molecule is Cc1nn(CC(C)C)c(C)c1CCC(=O)OCC(=O)c1ccc2c(c1)OCO2. The molecule has 0 saturated carbocycles. The van der Waals surface area contributed by atoms with E-state index >= 15 is 0 Å². The Labute approximate surface area is 164 Å². The second-order valence-corrected chi connectivity index (χ2v) is 7.38. The van der Waals surface area contributed by atoms with Gasteiger partial charge in [0.2, 0.25) is 6.79 Å². The van der Waals surface area contributed by atoms with Crippen LogP contribution in [0.3, 0.4) is 0 Å². The summed E-state index contributed by atoms with van der Waals surface area (Å²) in [5, 5.41) is 4.56. The highest BCUT2D eigenvalue weighted by molar-refractivity contribution is 5.98. The number of nitrogens with zero attached hydrogens (tertiary/aromatic N) is 2. The van der Waals surface area contributed by atoms with Gasteiger partial charge in [0.05, 0.1) is 5.69 Å². The van der Waals surface area contributed by atoms with Crippen LogP contribution in [-0.4, -0.2) is 34.9 Å². The average Bonchev–Trinajstić information content (AvgIpc) is 3.22. The summed E-state index contributed by atoms with van der Waals surface area (Å²) < 4.78 is 17.6. The summed E-state index contributed by atoms with van der Waals surface area (Å²) in [6, 6.07) is 4.92. The number of aromatic nitrogens is 2. The summed E-state index contributed by atoms with van der Waals surface area (Å²) in [7, 11) is 0. The van der Waals surface area contributed by atoms with Gasteiger partial charge in [-0.15, -0.1) is 0 Å². The maximum Gasteiger partial charge on any atom is 0.306 e. The predicted molar refractivity (Wildman–Crippen MR) is 103 cm³/mol. The van der Waals surface area contributed by atoms with E-state index in [1.54, 1.807) is 18.2 Å². The fourth-order valence-electron chi connectivity index (χ4n) is 3.22. The molecule has 0 N–H and O–H groups in total. The first kappa shape index (κ1) is 19.9. The first-order valence-corrected chi connectivity index (χ1v) is 9.46. The summed E-state index contributed by atoms with van der Waals surface area (Å²) in [6.07, 6.45) is 0.760. The van der Waals surface area contributed by atoms with Crippen LogP contribution in [0.2, 0.25) is 0 Å². The summed E-state index contributed by atoms with van der Waals surface area (Å²) in [5.74, 6) is 0.963. The zero-order valence-electron chi connectivity index (χ0n) is 16.8. The van der Waals surface area contributed by atoms with Crippen molar-refractivity contribution >= 4 is 11.8 Å². The lowest BCUT2D eigenvalue weighted by atomic mass is 10.1. The number of Topliss-reactive ketones (excluding diaryl/α,β-unsaturated/α-hetero) is 1. The molecule has 2 heterocycles. The Bertz CT molecular complexity index is 885. The van der Waals surface area contributed by atoms with Gasteiger partial charge in [-0.05, 0) is 49.9 Å². The van der Waals surface area contributed by atoms with Crippen molar-refractivity contribution in [3.8, 4) is 11.5 Å². The van der Waals surface area contributed by atoms with Crippen molar-refractivity contribution in [2.75, 3.05) is 13.4 Å². The summed E-state index contributed by atoms with van der Waals surface area (Å²) in [4.78, 5) is 24.4. The second-order valence-electron chi connectivity index (χ2n) is 7.38. The molecule has 28 heavy (non-hydrogen) atoms. The molecule has 0 spiro atoms. The van der Waals surface area contributed by atoms with E-state index in [1.165, 1.54) is 0 Å². The number of carbonyl (C=O) groups excluding carboxylic acids is 2. The third kappa shape index (κ3) is 4.52. The van der Waals surface area contributed by atoms with Crippen molar-refractivity contribution < 1.29 is 23.8 Å². The van der Waals surface area contributed by atoms with Crippen molar-refractivity contribution in [2.45, 2.75) is 47.1 Å².